The minimum atomic E-state index is -0.508. The van der Waals surface area contributed by atoms with Gasteiger partial charge in [-0.1, -0.05) is 36.4 Å². The number of hydrogen-bond donors (Lipinski definition) is 1. The van der Waals surface area contributed by atoms with E-state index in [-0.39, 0.29) is 5.69 Å². The molecule has 1 N–H and O–H groups in total. The molecule has 0 aliphatic rings. The number of nitro benzene ring substituents is 1. The molecule has 0 atom stereocenters. The van der Waals surface area contributed by atoms with Crippen LogP contribution in [0.25, 0.3) is 27.7 Å². The number of carbonyl (C=O) groups excluding carboxylic acids is 1. The summed E-state index contributed by atoms with van der Waals surface area (Å²) in [6.45, 7) is 1.80. The summed E-state index contributed by atoms with van der Waals surface area (Å²) in [6.07, 6.45) is 3.14. The number of ether oxygens (including phenoxy) is 1. The maximum absolute atomic E-state index is 12.6. The van der Waals surface area contributed by atoms with Crippen LogP contribution in [0.4, 0.5) is 11.4 Å². The molecule has 0 saturated heterocycles. The van der Waals surface area contributed by atoms with Crippen LogP contribution in [-0.2, 0) is 4.79 Å². The summed E-state index contributed by atoms with van der Waals surface area (Å²) in [5.74, 6) is 0.170. The van der Waals surface area contributed by atoms with E-state index < -0.39 is 10.8 Å². The number of furan rings is 1. The Kier molecular flexibility index (Phi) is 5.72. The van der Waals surface area contributed by atoms with Gasteiger partial charge in [0.05, 0.1) is 18.3 Å². The first-order valence-electron chi connectivity index (χ1n) is 9.85. The quantitative estimate of drug-likeness (QED) is 0.229. The van der Waals surface area contributed by atoms with Crippen molar-refractivity contribution < 1.29 is 18.9 Å². The van der Waals surface area contributed by atoms with E-state index in [0.29, 0.717) is 22.6 Å². The molecule has 0 saturated carbocycles. The zero-order valence-corrected chi connectivity index (χ0v) is 17.5. The number of rotatable bonds is 6. The molecule has 0 aliphatic carbocycles. The van der Waals surface area contributed by atoms with Gasteiger partial charge in [0.25, 0.3) is 5.69 Å². The molecule has 1 amide bonds. The van der Waals surface area contributed by atoms with Crippen molar-refractivity contribution in [1.82, 2.24) is 0 Å². The number of non-ortho nitro benzene ring substituents is 1. The van der Waals surface area contributed by atoms with Crippen molar-refractivity contribution in [2.45, 2.75) is 6.92 Å². The Hall–Kier alpha value is -4.39. The largest absolute Gasteiger partial charge is 0.496 e. The molecule has 4 rings (SSSR count). The smallest absolute Gasteiger partial charge is 0.271 e. The zero-order chi connectivity index (χ0) is 22.7. The number of methoxy groups -OCH3 is 1. The number of amides is 1. The second-order valence-electron chi connectivity index (χ2n) is 7.19. The average molecular weight is 428 g/mol. The molecule has 7 heteroatoms. The van der Waals surface area contributed by atoms with E-state index in [0.717, 1.165) is 22.1 Å². The second kappa shape index (κ2) is 8.77. The van der Waals surface area contributed by atoms with Crippen molar-refractivity contribution in [1.29, 1.82) is 0 Å². The Labute approximate surface area is 184 Å². The molecule has 1 aromatic heterocycles. The van der Waals surface area contributed by atoms with Crippen LogP contribution < -0.4 is 10.1 Å². The molecule has 0 spiro atoms. The monoisotopic (exact) mass is 428 g/mol. The molecule has 32 heavy (non-hydrogen) atoms. The van der Waals surface area contributed by atoms with Gasteiger partial charge in [-0.25, -0.2) is 0 Å². The summed E-state index contributed by atoms with van der Waals surface area (Å²) in [5.41, 5.74) is 4.31. The number of carbonyl (C=O) groups is 1. The topological polar surface area (TPSA) is 94.6 Å². The van der Waals surface area contributed by atoms with Crippen LogP contribution in [0.1, 0.15) is 12.5 Å². The van der Waals surface area contributed by atoms with Gasteiger partial charge in [0.15, 0.2) is 0 Å². The summed E-state index contributed by atoms with van der Waals surface area (Å²) < 4.78 is 11.3. The van der Waals surface area contributed by atoms with Gasteiger partial charge in [0.1, 0.15) is 11.3 Å². The van der Waals surface area contributed by atoms with Crippen LogP contribution >= 0.6 is 0 Å². The third-order valence-electron chi connectivity index (χ3n) is 5.08. The number of allylic oxidation sites excluding steroid dienone is 1. The van der Waals surface area contributed by atoms with E-state index in [1.54, 1.807) is 32.4 Å². The summed E-state index contributed by atoms with van der Waals surface area (Å²) >= 11 is 0. The van der Waals surface area contributed by atoms with Gasteiger partial charge in [-0.3, -0.25) is 14.9 Å². The Morgan fingerprint density at radius 2 is 1.88 bits per heavy atom. The predicted molar refractivity (Wildman–Crippen MR) is 124 cm³/mol. The fourth-order valence-electron chi connectivity index (χ4n) is 3.52. The van der Waals surface area contributed by atoms with E-state index in [2.05, 4.69) is 5.32 Å². The van der Waals surface area contributed by atoms with Crippen LogP contribution in [0.5, 0.6) is 5.75 Å². The maximum Gasteiger partial charge on any atom is 0.271 e. The highest BCUT2D eigenvalue weighted by molar-refractivity contribution is 6.05. The number of hydrogen-bond acceptors (Lipinski definition) is 5. The molecule has 4 aromatic rings. The Morgan fingerprint density at radius 1 is 1.09 bits per heavy atom. The molecule has 0 bridgehead atoms. The summed E-state index contributed by atoms with van der Waals surface area (Å²) in [5, 5.41) is 14.5. The Balaban J connectivity index is 1.68. The highest BCUT2D eigenvalue weighted by atomic mass is 16.6. The van der Waals surface area contributed by atoms with Crippen molar-refractivity contribution in [3.8, 4) is 16.9 Å². The number of anilines is 1. The van der Waals surface area contributed by atoms with Crippen LogP contribution in [0.15, 0.2) is 83.5 Å². The fourth-order valence-corrected chi connectivity index (χ4v) is 3.52. The lowest BCUT2D eigenvalue weighted by molar-refractivity contribution is -0.384. The highest BCUT2D eigenvalue weighted by Gasteiger charge is 2.15. The zero-order valence-electron chi connectivity index (χ0n) is 17.5. The number of nitrogens with zero attached hydrogens (tertiary/aromatic N) is 1. The number of nitrogens with one attached hydrogen (secondary N) is 1. The molecule has 3 aromatic carbocycles. The maximum atomic E-state index is 12.6. The number of benzene rings is 3. The van der Waals surface area contributed by atoms with Crippen LogP contribution in [0, 0.1) is 10.1 Å². The van der Waals surface area contributed by atoms with Crippen molar-refractivity contribution >= 4 is 33.8 Å². The number of nitro groups is 1. The average Bonchev–Trinajstić information content (AvgIpc) is 3.21. The van der Waals surface area contributed by atoms with E-state index in [9.17, 15) is 14.9 Å². The standard InChI is InChI=1S/C25H20N2O5/c1-16(11-25(28)26-18-9-6-10-19(12-18)27(29)30)20-13-21-22(17-7-4-3-5-8-17)15-32-24(21)14-23(20)31-2/h3-15H,1-2H3,(H,26,28)/b16-11+. The summed E-state index contributed by atoms with van der Waals surface area (Å²) in [4.78, 5) is 23.0. The van der Waals surface area contributed by atoms with Gasteiger partial charge < -0.3 is 14.5 Å². The molecule has 160 valence electrons. The Morgan fingerprint density at radius 3 is 2.59 bits per heavy atom. The predicted octanol–water partition coefficient (Wildman–Crippen LogP) is 6.06. The van der Waals surface area contributed by atoms with E-state index in [1.807, 2.05) is 36.4 Å². The first-order chi connectivity index (χ1) is 15.5. The van der Waals surface area contributed by atoms with E-state index in [4.69, 9.17) is 9.15 Å². The lowest BCUT2D eigenvalue weighted by Crippen LogP contribution is -2.09. The molecule has 1 heterocycles. The van der Waals surface area contributed by atoms with Gasteiger partial charge in [-0.15, -0.1) is 0 Å². The van der Waals surface area contributed by atoms with Crippen molar-refractivity contribution in [3.05, 3.63) is 94.7 Å². The van der Waals surface area contributed by atoms with Gasteiger partial charge in [-0.05, 0) is 30.2 Å². The van der Waals surface area contributed by atoms with Crippen LogP contribution in [0.3, 0.4) is 0 Å². The first kappa shape index (κ1) is 20.9. The molecule has 0 fully saturated rings. The molecular weight excluding hydrogens is 408 g/mol. The first-order valence-corrected chi connectivity index (χ1v) is 9.85. The number of fused-ring (bicyclic) bond motifs is 1. The normalized spacial score (nSPS) is 11.4. The van der Waals surface area contributed by atoms with Gasteiger partial charge in [0, 0.05) is 46.5 Å². The van der Waals surface area contributed by atoms with E-state index >= 15 is 0 Å². The Bertz CT molecular complexity index is 1340. The minimum absolute atomic E-state index is 0.0935. The lowest BCUT2D eigenvalue weighted by Gasteiger charge is -2.10. The van der Waals surface area contributed by atoms with Crippen molar-refractivity contribution in [2.75, 3.05) is 12.4 Å². The third kappa shape index (κ3) is 4.22. The SMILES string of the molecule is COc1cc2occ(-c3ccccc3)c2cc1/C(C)=C/C(=O)Nc1cccc([N+](=O)[O-])c1. The second-order valence-corrected chi connectivity index (χ2v) is 7.19. The van der Waals surface area contributed by atoms with E-state index in [1.165, 1.54) is 24.3 Å². The van der Waals surface area contributed by atoms with Crippen LogP contribution in [-0.4, -0.2) is 17.9 Å². The summed E-state index contributed by atoms with van der Waals surface area (Å²) in [7, 11) is 1.56. The van der Waals surface area contributed by atoms with Crippen molar-refractivity contribution in [3.63, 3.8) is 0 Å². The highest BCUT2D eigenvalue weighted by Crippen LogP contribution is 2.37. The molecule has 0 unspecified atom stereocenters. The van der Waals surface area contributed by atoms with Gasteiger partial charge in [0.2, 0.25) is 5.91 Å². The van der Waals surface area contributed by atoms with Crippen molar-refractivity contribution in [2.24, 2.45) is 0 Å². The molecule has 0 aliphatic heterocycles. The fraction of sp³-hybridized carbons (Fsp3) is 0.0800. The molecular formula is C25H20N2O5. The van der Waals surface area contributed by atoms with Crippen LogP contribution in [0.2, 0.25) is 0 Å². The third-order valence-corrected chi connectivity index (χ3v) is 5.08. The molecule has 0 radical (unpaired) electrons. The lowest BCUT2D eigenvalue weighted by atomic mass is 9.99. The molecule has 7 nitrogen and oxygen atoms in total. The summed E-state index contributed by atoms with van der Waals surface area (Å²) in [6, 6.07) is 19.4. The van der Waals surface area contributed by atoms with Gasteiger partial charge >= 0.3 is 0 Å². The minimum Gasteiger partial charge on any atom is -0.496 e. The van der Waals surface area contributed by atoms with Gasteiger partial charge in [-0.2, -0.15) is 0 Å².